The zero-order chi connectivity index (χ0) is 17.0. The minimum Gasteiger partial charge on any atom is -0.354 e. The van der Waals surface area contributed by atoms with Gasteiger partial charge >= 0.3 is 5.69 Å². The number of nitrogens with zero attached hydrogens (tertiary/aromatic N) is 4. The lowest BCUT2D eigenvalue weighted by Crippen LogP contribution is -2.29. The standard InChI is InChI=1S/C15H24N6O2/c1-5-9-21-11-12(19(4)15(23)18-13(11)22)17-14(21)16-8-10-20(6-2)7-3/h5H,1,6-10H2,2-4H3,(H,16,17)(H,18,22,23). The Morgan fingerprint density at radius 1 is 1.35 bits per heavy atom. The molecule has 0 bridgehead atoms. The topological polar surface area (TPSA) is 88.0 Å². The molecule has 2 aromatic heterocycles. The second kappa shape index (κ2) is 7.28. The van der Waals surface area contributed by atoms with Crippen molar-refractivity contribution in [3.05, 3.63) is 33.5 Å². The highest BCUT2D eigenvalue weighted by Crippen LogP contribution is 2.15. The molecule has 2 heterocycles. The molecule has 2 rings (SSSR count). The van der Waals surface area contributed by atoms with Crippen molar-refractivity contribution in [1.82, 2.24) is 24.0 Å². The molecule has 0 fully saturated rings. The normalized spacial score (nSPS) is 11.3. The van der Waals surface area contributed by atoms with Gasteiger partial charge in [-0.1, -0.05) is 19.9 Å². The molecule has 0 aliphatic carbocycles. The van der Waals surface area contributed by atoms with Crippen LogP contribution in [-0.2, 0) is 13.6 Å². The van der Waals surface area contributed by atoms with E-state index in [0.29, 0.717) is 30.2 Å². The lowest BCUT2D eigenvalue weighted by atomic mass is 10.4. The Balaban J connectivity index is 2.39. The van der Waals surface area contributed by atoms with Crippen LogP contribution < -0.4 is 16.6 Å². The number of hydrogen-bond acceptors (Lipinski definition) is 5. The maximum absolute atomic E-state index is 12.1. The van der Waals surface area contributed by atoms with Gasteiger partial charge in [0, 0.05) is 26.7 Å². The first-order chi connectivity index (χ1) is 11.0. The predicted octanol–water partition coefficient (Wildman–Crippen LogP) is 0.363. The van der Waals surface area contributed by atoms with Crippen molar-refractivity contribution >= 4 is 17.1 Å². The fourth-order valence-corrected chi connectivity index (χ4v) is 2.54. The molecular formula is C15H24N6O2. The zero-order valence-electron chi connectivity index (χ0n) is 13.9. The highest BCUT2D eigenvalue weighted by Gasteiger charge is 2.16. The van der Waals surface area contributed by atoms with Crippen LogP contribution in [0, 0.1) is 0 Å². The summed E-state index contributed by atoms with van der Waals surface area (Å²) in [5, 5.41) is 3.25. The van der Waals surface area contributed by atoms with E-state index in [0.717, 1.165) is 19.6 Å². The molecule has 0 unspecified atom stereocenters. The van der Waals surface area contributed by atoms with Crippen LogP contribution in [0.3, 0.4) is 0 Å². The molecule has 126 valence electrons. The van der Waals surface area contributed by atoms with E-state index in [-0.39, 0.29) is 0 Å². The molecule has 0 aliphatic rings. The minimum atomic E-state index is -0.472. The van der Waals surface area contributed by atoms with E-state index in [9.17, 15) is 9.59 Å². The number of likely N-dealkylation sites (N-methyl/N-ethyl adjacent to an activating group) is 1. The van der Waals surface area contributed by atoms with Crippen LogP contribution in [0.15, 0.2) is 22.2 Å². The Morgan fingerprint density at radius 2 is 2.04 bits per heavy atom. The number of aryl methyl sites for hydroxylation is 1. The van der Waals surface area contributed by atoms with Crippen LogP contribution in [0.5, 0.6) is 0 Å². The van der Waals surface area contributed by atoms with Gasteiger partial charge in [0.15, 0.2) is 11.2 Å². The van der Waals surface area contributed by atoms with Crippen molar-refractivity contribution < 1.29 is 0 Å². The number of imidazole rings is 1. The van der Waals surface area contributed by atoms with Crippen molar-refractivity contribution in [3.63, 3.8) is 0 Å². The Kier molecular flexibility index (Phi) is 5.38. The van der Waals surface area contributed by atoms with E-state index < -0.39 is 11.2 Å². The molecule has 0 aromatic carbocycles. The molecule has 8 heteroatoms. The first-order valence-corrected chi connectivity index (χ1v) is 7.80. The summed E-state index contributed by atoms with van der Waals surface area (Å²) in [6, 6.07) is 0. The van der Waals surface area contributed by atoms with Crippen LogP contribution in [0.4, 0.5) is 5.95 Å². The van der Waals surface area contributed by atoms with Gasteiger partial charge in [0.05, 0.1) is 0 Å². The largest absolute Gasteiger partial charge is 0.354 e. The molecule has 0 saturated heterocycles. The van der Waals surface area contributed by atoms with Gasteiger partial charge in [0.2, 0.25) is 5.95 Å². The molecule has 2 aromatic rings. The number of H-pyrrole nitrogens is 1. The van der Waals surface area contributed by atoms with Crippen LogP contribution in [0.25, 0.3) is 11.2 Å². The number of aromatic amines is 1. The Hall–Kier alpha value is -2.35. The molecular weight excluding hydrogens is 296 g/mol. The molecule has 0 amide bonds. The SMILES string of the molecule is C=CCn1c(NCCN(CC)CC)nc2c1c(=O)[nH]c(=O)n2C. The maximum Gasteiger partial charge on any atom is 0.329 e. The third kappa shape index (κ3) is 3.37. The first-order valence-electron chi connectivity index (χ1n) is 7.80. The number of rotatable bonds is 8. The average Bonchev–Trinajstić information content (AvgIpc) is 2.89. The van der Waals surface area contributed by atoms with Gasteiger partial charge in [0.1, 0.15) is 0 Å². The average molecular weight is 320 g/mol. The fraction of sp³-hybridized carbons (Fsp3) is 0.533. The molecule has 0 atom stereocenters. The second-order valence-corrected chi connectivity index (χ2v) is 5.28. The zero-order valence-corrected chi connectivity index (χ0v) is 13.9. The van der Waals surface area contributed by atoms with Gasteiger partial charge < -0.3 is 14.8 Å². The fourth-order valence-electron chi connectivity index (χ4n) is 2.54. The Labute approximate surface area is 134 Å². The highest BCUT2D eigenvalue weighted by atomic mass is 16.2. The lowest BCUT2D eigenvalue weighted by Gasteiger charge is -2.18. The summed E-state index contributed by atoms with van der Waals surface area (Å²) in [6.07, 6.45) is 1.70. The number of anilines is 1. The van der Waals surface area contributed by atoms with E-state index >= 15 is 0 Å². The van der Waals surface area contributed by atoms with Gasteiger partial charge in [-0.2, -0.15) is 4.98 Å². The first kappa shape index (κ1) is 17.0. The second-order valence-electron chi connectivity index (χ2n) is 5.28. The van der Waals surface area contributed by atoms with Crippen molar-refractivity contribution in [2.45, 2.75) is 20.4 Å². The third-order valence-electron chi connectivity index (χ3n) is 3.92. The molecule has 0 aliphatic heterocycles. The number of nitrogens with one attached hydrogen (secondary N) is 2. The monoisotopic (exact) mass is 320 g/mol. The van der Waals surface area contributed by atoms with E-state index in [1.165, 1.54) is 4.57 Å². The van der Waals surface area contributed by atoms with Crippen molar-refractivity contribution in [1.29, 1.82) is 0 Å². The van der Waals surface area contributed by atoms with Crippen molar-refractivity contribution in [3.8, 4) is 0 Å². The molecule has 0 radical (unpaired) electrons. The number of allylic oxidation sites excluding steroid dienone is 1. The van der Waals surface area contributed by atoms with Crippen LogP contribution in [0.2, 0.25) is 0 Å². The van der Waals surface area contributed by atoms with E-state index in [1.54, 1.807) is 17.7 Å². The molecule has 0 saturated carbocycles. The highest BCUT2D eigenvalue weighted by molar-refractivity contribution is 5.74. The summed E-state index contributed by atoms with van der Waals surface area (Å²) in [5.41, 5.74) is -0.169. The predicted molar refractivity (Wildman–Crippen MR) is 92.1 cm³/mol. The Morgan fingerprint density at radius 3 is 2.65 bits per heavy atom. The quantitative estimate of drug-likeness (QED) is 0.686. The number of hydrogen-bond donors (Lipinski definition) is 2. The van der Waals surface area contributed by atoms with E-state index in [4.69, 9.17) is 0 Å². The Bertz CT molecular complexity index is 797. The van der Waals surface area contributed by atoms with Crippen molar-refractivity contribution in [2.75, 3.05) is 31.5 Å². The molecule has 23 heavy (non-hydrogen) atoms. The van der Waals surface area contributed by atoms with Gasteiger partial charge in [-0.15, -0.1) is 6.58 Å². The van der Waals surface area contributed by atoms with Crippen LogP contribution >= 0.6 is 0 Å². The smallest absolute Gasteiger partial charge is 0.329 e. The minimum absolute atomic E-state index is 0.367. The van der Waals surface area contributed by atoms with Gasteiger partial charge in [-0.25, -0.2) is 4.79 Å². The number of fused-ring (bicyclic) bond motifs is 1. The van der Waals surface area contributed by atoms with E-state index in [1.807, 2.05) is 0 Å². The van der Waals surface area contributed by atoms with Gasteiger partial charge in [-0.05, 0) is 13.1 Å². The van der Waals surface area contributed by atoms with Gasteiger partial charge in [-0.3, -0.25) is 14.3 Å². The molecule has 2 N–H and O–H groups in total. The summed E-state index contributed by atoms with van der Waals surface area (Å²) in [6.45, 7) is 11.9. The maximum atomic E-state index is 12.1. The lowest BCUT2D eigenvalue weighted by molar-refractivity contribution is 0.315. The summed E-state index contributed by atoms with van der Waals surface area (Å²) < 4.78 is 3.08. The van der Waals surface area contributed by atoms with Gasteiger partial charge in [0.25, 0.3) is 5.56 Å². The van der Waals surface area contributed by atoms with Crippen molar-refractivity contribution in [2.24, 2.45) is 7.05 Å². The molecule has 0 spiro atoms. The number of aromatic nitrogens is 4. The summed E-state index contributed by atoms with van der Waals surface area (Å²) in [7, 11) is 1.59. The van der Waals surface area contributed by atoms with Crippen LogP contribution in [-0.4, -0.2) is 50.2 Å². The summed E-state index contributed by atoms with van der Waals surface area (Å²) in [5.74, 6) is 0.568. The summed E-state index contributed by atoms with van der Waals surface area (Å²) >= 11 is 0. The van der Waals surface area contributed by atoms with Crippen LogP contribution in [0.1, 0.15) is 13.8 Å². The summed E-state index contributed by atoms with van der Waals surface area (Å²) in [4.78, 5) is 32.9. The molecule has 8 nitrogen and oxygen atoms in total. The third-order valence-corrected chi connectivity index (χ3v) is 3.92. The van der Waals surface area contributed by atoms with E-state index in [2.05, 4.69) is 40.6 Å².